The molecule has 2 aromatic carbocycles. The average Bonchev–Trinajstić information content (AvgIpc) is 2.47. The van der Waals surface area contributed by atoms with Gasteiger partial charge in [-0.3, -0.25) is 4.72 Å². The number of rotatable bonds is 4. The van der Waals surface area contributed by atoms with Crippen LogP contribution < -0.4 is 9.46 Å². The maximum atomic E-state index is 12.3. The maximum Gasteiger partial charge on any atom is 0.263 e. The van der Waals surface area contributed by atoms with Crippen molar-refractivity contribution in [3.8, 4) is 11.8 Å². The molecule has 0 heterocycles. The molecular weight excluding hydrogens is 276 g/mol. The van der Waals surface area contributed by atoms with Crippen molar-refractivity contribution in [1.82, 2.24) is 0 Å². The molecular formula is C14H12N2O3S. The highest BCUT2D eigenvalue weighted by molar-refractivity contribution is 7.92. The Hall–Kier alpha value is -2.52. The Labute approximate surface area is 117 Å². The van der Waals surface area contributed by atoms with Gasteiger partial charge in [-0.2, -0.15) is 5.26 Å². The van der Waals surface area contributed by atoms with Gasteiger partial charge in [-0.15, -0.1) is 0 Å². The predicted molar refractivity (Wildman–Crippen MR) is 75.0 cm³/mol. The Morgan fingerprint density at radius 3 is 2.60 bits per heavy atom. The Kier molecular flexibility index (Phi) is 3.91. The normalized spacial score (nSPS) is 10.6. The summed E-state index contributed by atoms with van der Waals surface area (Å²) in [5.41, 5.74) is 0.472. The second-order valence-corrected chi connectivity index (χ2v) is 5.60. The molecule has 0 amide bonds. The Morgan fingerprint density at radius 1 is 1.15 bits per heavy atom. The summed E-state index contributed by atoms with van der Waals surface area (Å²) in [6.45, 7) is 0. The smallest absolute Gasteiger partial charge is 0.263 e. The lowest BCUT2D eigenvalue weighted by atomic mass is 10.2. The van der Waals surface area contributed by atoms with Gasteiger partial charge in [-0.25, -0.2) is 8.42 Å². The van der Waals surface area contributed by atoms with Gasteiger partial charge < -0.3 is 4.74 Å². The van der Waals surface area contributed by atoms with Gasteiger partial charge in [-0.05, 0) is 24.3 Å². The van der Waals surface area contributed by atoms with Crippen molar-refractivity contribution in [3.63, 3.8) is 0 Å². The minimum atomic E-state index is -3.81. The molecule has 0 spiro atoms. The van der Waals surface area contributed by atoms with E-state index < -0.39 is 10.0 Å². The molecule has 0 atom stereocenters. The molecule has 0 aliphatic heterocycles. The number of methoxy groups -OCH3 is 1. The van der Waals surface area contributed by atoms with E-state index in [-0.39, 0.29) is 10.5 Å². The third kappa shape index (κ3) is 2.90. The van der Waals surface area contributed by atoms with Crippen molar-refractivity contribution in [2.45, 2.75) is 4.90 Å². The van der Waals surface area contributed by atoms with Crippen molar-refractivity contribution >= 4 is 15.7 Å². The summed E-state index contributed by atoms with van der Waals surface area (Å²) in [6, 6.07) is 14.5. The predicted octanol–water partition coefficient (Wildman–Crippen LogP) is 2.37. The lowest BCUT2D eigenvalue weighted by Gasteiger charge is -2.10. The molecule has 2 aromatic rings. The van der Waals surface area contributed by atoms with Gasteiger partial charge in [0.2, 0.25) is 0 Å². The number of hydrogen-bond donors (Lipinski definition) is 1. The summed E-state index contributed by atoms with van der Waals surface area (Å²) in [6.07, 6.45) is 0. The van der Waals surface area contributed by atoms with Crippen LogP contribution in [0.1, 0.15) is 5.56 Å². The number of ether oxygens (including phenoxy) is 1. The Bertz CT molecular complexity index is 764. The zero-order chi connectivity index (χ0) is 14.6. The molecule has 5 nitrogen and oxygen atoms in total. The molecule has 6 heteroatoms. The fourth-order valence-electron chi connectivity index (χ4n) is 1.69. The van der Waals surface area contributed by atoms with Gasteiger partial charge in [-0.1, -0.05) is 18.2 Å². The van der Waals surface area contributed by atoms with Crippen LogP contribution >= 0.6 is 0 Å². The van der Waals surface area contributed by atoms with E-state index in [2.05, 4.69) is 4.72 Å². The van der Waals surface area contributed by atoms with Crippen LogP contribution in [-0.4, -0.2) is 15.5 Å². The standard InChI is InChI=1S/C14H12N2O3S/c1-19-13-7-4-6-12(9-13)16-20(17,18)14-8-3-2-5-11(14)10-15/h2-9,16H,1H3. The third-order valence-corrected chi connectivity index (χ3v) is 4.06. The van der Waals surface area contributed by atoms with E-state index in [9.17, 15) is 8.42 Å². The molecule has 0 bridgehead atoms. The quantitative estimate of drug-likeness (QED) is 0.936. The van der Waals surface area contributed by atoms with Gasteiger partial charge >= 0.3 is 0 Å². The molecule has 0 aromatic heterocycles. The fraction of sp³-hybridized carbons (Fsp3) is 0.0714. The van der Waals surface area contributed by atoms with Gasteiger partial charge in [0, 0.05) is 6.07 Å². The number of benzene rings is 2. The van der Waals surface area contributed by atoms with Crippen LogP contribution in [0.25, 0.3) is 0 Å². The summed E-state index contributed by atoms with van der Waals surface area (Å²) in [5.74, 6) is 0.541. The van der Waals surface area contributed by atoms with E-state index in [0.29, 0.717) is 11.4 Å². The van der Waals surface area contributed by atoms with Crippen LogP contribution in [0, 0.1) is 11.3 Å². The number of anilines is 1. The second kappa shape index (κ2) is 5.63. The number of nitrogens with one attached hydrogen (secondary N) is 1. The molecule has 0 radical (unpaired) electrons. The summed E-state index contributed by atoms with van der Waals surface area (Å²) in [5, 5.41) is 8.97. The number of nitrogens with zero attached hydrogens (tertiary/aromatic N) is 1. The van der Waals surface area contributed by atoms with Gasteiger partial charge in [0.1, 0.15) is 16.7 Å². The molecule has 1 N–H and O–H groups in total. The van der Waals surface area contributed by atoms with Crippen LogP contribution in [0.15, 0.2) is 53.4 Å². The van der Waals surface area contributed by atoms with Crippen LogP contribution in [0.2, 0.25) is 0 Å². The monoisotopic (exact) mass is 288 g/mol. The number of sulfonamides is 1. The van der Waals surface area contributed by atoms with Crippen LogP contribution in [-0.2, 0) is 10.0 Å². The van der Waals surface area contributed by atoms with E-state index in [4.69, 9.17) is 10.00 Å². The second-order valence-electron chi connectivity index (χ2n) is 3.95. The lowest BCUT2D eigenvalue weighted by molar-refractivity contribution is 0.415. The maximum absolute atomic E-state index is 12.3. The van der Waals surface area contributed by atoms with E-state index in [1.165, 1.54) is 19.2 Å². The SMILES string of the molecule is COc1cccc(NS(=O)(=O)c2ccccc2C#N)c1. The van der Waals surface area contributed by atoms with Gasteiger partial charge in [0.25, 0.3) is 10.0 Å². The zero-order valence-corrected chi connectivity index (χ0v) is 11.5. The lowest BCUT2D eigenvalue weighted by Crippen LogP contribution is -2.14. The van der Waals surface area contributed by atoms with Crippen molar-refractivity contribution in [3.05, 3.63) is 54.1 Å². The molecule has 0 aliphatic carbocycles. The van der Waals surface area contributed by atoms with E-state index in [0.717, 1.165) is 0 Å². The highest BCUT2D eigenvalue weighted by Gasteiger charge is 2.18. The van der Waals surface area contributed by atoms with Crippen LogP contribution in [0.4, 0.5) is 5.69 Å². The van der Waals surface area contributed by atoms with E-state index >= 15 is 0 Å². The minimum Gasteiger partial charge on any atom is -0.497 e. The molecule has 0 saturated heterocycles. The van der Waals surface area contributed by atoms with Gasteiger partial charge in [0.15, 0.2) is 0 Å². The first-order valence-electron chi connectivity index (χ1n) is 5.73. The number of hydrogen-bond acceptors (Lipinski definition) is 4. The highest BCUT2D eigenvalue weighted by atomic mass is 32.2. The highest BCUT2D eigenvalue weighted by Crippen LogP contribution is 2.22. The largest absolute Gasteiger partial charge is 0.497 e. The molecule has 0 fully saturated rings. The Balaban J connectivity index is 2.39. The van der Waals surface area contributed by atoms with Crippen molar-refractivity contribution in [1.29, 1.82) is 5.26 Å². The summed E-state index contributed by atoms with van der Waals surface area (Å²) >= 11 is 0. The molecule has 102 valence electrons. The summed E-state index contributed by atoms with van der Waals surface area (Å²) < 4.78 is 32.0. The Morgan fingerprint density at radius 2 is 1.90 bits per heavy atom. The molecule has 0 unspecified atom stereocenters. The van der Waals surface area contributed by atoms with Gasteiger partial charge in [0.05, 0.1) is 18.4 Å². The third-order valence-electron chi connectivity index (χ3n) is 2.62. The molecule has 0 aliphatic rings. The zero-order valence-electron chi connectivity index (χ0n) is 10.7. The van der Waals surface area contributed by atoms with E-state index in [1.807, 2.05) is 6.07 Å². The first-order valence-corrected chi connectivity index (χ1v) is 7.21. The topological polar surface area (TPSA) is 79.2 Å². The van der Waals surface area contributed by atoms with Crippen molar-refractivity contribution < 1.29 is 13.2 Å². The number of nitriles is 1. The molecule has 0 saturated carbocycles. The molecule has 2 rings (SSSR count). The van der Waals surface area contributed by atoms with Crippen LogP contribution in [0.5, 0.6) is 5.75 Å². The average molecular weight is 288 g/mol. The van der Waals surface area contributed by atoms with Crippen molar-refractivity contribution in [2.24, 2.45) is 0 Å². The van der Waals surface area contributed by atoms with E-state index in [1.54, 1.807) is 36.4 Å². The molecule has 20 heavy (non-hydrogen) atoms. The minimum absolute atomic E-state index is 0.0506. The van der Waals surface area contributed by atoms with Crippen molar-refractivity contribution in [2.75, 3.05) is 11.8 Å². The first-order chi connectivity index (χ1) is 9.56. The summed E-state index contributed by atoms with van der Waals surface area (Å²) in [4.78, 5) is -0.0506. The van der Waals surface area contributed by atoms with Crippen LogP contribution in [0.3, 0.4) is 0 Å². The summed E-state index contributed by atoms with van der Waals surface area (Å²) in [7, 11) is -2.31. The fourth-order valence-corrected chi connectivity index (χ4v) is 2.90. The first kappa shape index (κ1) is 13.9.